The third-order valence-corrected chi connectivity index (χ3v) is 3.59. The normalized spacial score (nSPS) is 12.2. The monoisotopic (exact) mass is 298 g/mol. The van der Waals surface area contributed by atoms with Gasteiger partial charge in [0.15, 0.2) is 0 Å². The summed E-state index contributed by atoms with van der Waals surface area (Å²) < 4.78 is 5.74. The van der Waals surface area contributed by atoms with E-state index in [0.29, 0.717) is 17.0 Å². The van der Waals surface area contributed by atoms with E-state index >= 15 is 0 Å². The Morgan fingerprint density at radius 1 is 0.955 bits per heavy atom. The zero-order valence-corrected chi connectivity index (χ0v) is 14.2. The summed E-state index contributed by atoms with van der Waals surface area (Å²) in [7, 11) is 0. The fourth-order valence-corrected chi connectivity index (χ4v) is 2.97. The molecule has 0 spiro atoms. The van der Waals surface area contributed by atoms with Crippen molar-refractivity contribution in [1.29, 1.82) is 0 Å². The number of nitrogen functional groups attached to an aromatic ring is 1. The molecule has 0 aliphatic heterocycles. The van der Waals surface area contributed by atoms with Gasteiger partial charge in [0.2, 0.25) is 5.88 Å². The summed E-state index contributed by atoms with van der Waals surface area (Å²) in [6.07, 6.45) is 2.72. The summed E-state index contributed by atoms with van der Waals surface area (Å²) in [6, 6.07) is 11.8. The lowest BCUT2D eigenvalue weighted by Gasteiger charge is -2.33. The van der Waals surface area contributed by atoms with Crippen molar-refractivity contribution in [2.45, 2.75) is 46.5 Å². The Morgan fingerprint density at radius 3 is 2.09 bits per heavy atom. The first-order valence-electron chi connectivity index (χ1n) is 7.66. The van der Waals surface area contributed by atoms with E-state index in [0.717, 1.165) is 12.2 Å². The van der Waals surface area contributed by atoms with Gasteiger partial charge in [0, 0.05) is 6.07 Å². The average Bonchev–Trinajstić information content (AvgIpc) is 2.39. The first kappa shape index (κ1) is 16.3. The molecule has 0 amide bonds. The molecule has 0 saturated heterocycles. The van der Waals surface area contributed by atoms with Crippen LogP contribution in [0.5, 0.6) is 11.6 Å². The maximum Gasteiger partial charge on any atom is 0.219 e. The van der Waals surface area contributed by atoms with Gasteiger partial charge in [-0.05, 0) is 41.0 Å². The van der Waals surface area contributed by atoms with E-state index < -0.39 is 0 Å². The van der Waals surface area contributed by atoms with Crippen molar-refractivity contribution in [1.82, 2.24) is 4.98 Å². The van der Waals surface area contributed by atoms with Gasteiger partial charge in [0.05, 0.1) is 11.9 Å². The van der Waals surface area contributed by atoms with Crippen LogP contribution in [0.2, 0.25) is 0 Å². The summed E-state index contributed by atoms with van der Waals surface area (Å²) >= 11 is 0. The molecule has 0 unspecified atom stereocenters. The fourth-order valence-electron chi connectivity index (χ4n) is 2.97. The van der Waals surface area contributed by atoms with Crippen LogP contribution in [-0.2, 0) is 5.41 Å². The van der Waals surface area contributed by atoms with Gasteiger partial charge in [-0.3, -0.25) is 0 Å². The summed E-state index contributed by atoms with van der Waals surface area (Å²) in [6.45, 7) is 11.4. The third kappa shape index (κ3) is 4.48. The predicted octanol–water partition coefficient (Wildman–Crippen LogP) is 5.17. The van der Waals surface area contributed by atoms with Crippen molar-refractivity contribution in [3.8, 4) is 11.6 Å². The topological polar surface area (TPSA) is 48.1 Å². The van der Waals surface area contributed by atoms with E-state index in [1.54, 1.807) is 18.3 Å². The van der Waals surface area contributed by atoms with Gasteiger partial charge in [-0.2, -0.15) is 0 Å². The van der Waals surface area contributed by atoms with E-state index in [1.807, 2.05) is 12.1 Å². The highest BCUT2D eigenvalue weighted by molar-refractivity contribution is 5.38. The number of hydrogen-bond acceptors (Lipinski definition) is 3. The van der Waals surface area contributed by atoms with Gasteiger partial charge in [0.25, 0.3) is 0 Å². The molecule has 1 heterocycles. The van der Waals surface area contributed by atoms with Gasteiger partial charge in [-0.25, -0.2) is 4.98 Å². The Labute approximate surface area is 133 Å². The lowest BCUT2D eigenvalue weighted by molar-refractivity contribution is 0.284. The first-order valence-corrected chi connectivity index (χ1v) is 7.66. The second-order valence-electron chi connectivity index (χ2n) is 7.68. The number of benzene rings is 1. The summed E-state index contributed by atoms with van der Waals surface area (Å²) in [5, 5.41) is 0. The van der Waals surface area contributed by atoms with Crippen LogP contribution in [-0.4, -0.2) is 4.98 Å². The van der Waals surface area contributed by atoms with Gasteiger partial charge < -0.3 is 10.5 Å². The van der Waals surface area contributed by atoms with Crippen LogP contribution in [0.1, 0.15) is 46.6 Å². The lowest BCUT2D eigenvalue weighted by atomic mass is 9.72. The minimum atomic E-state index is 0.135. The van der Waals surface area contributed by atoms with Crippen LogP contribution in [0.4, 0.5) is 5.69 Å². The van der Waals surface area contributed by atoms with Crippen molar-refractivity contribution in [3.05, 3.63) is 48.2 Å². The second-order valence-corrected chi connectivity index (χ2v) is 7.68. The van der Waals surface area contributed by atoms with Crippen LogP contribution < -0.4 is 10.5 Å². The molecule has 0 bridgehead atoms. The summed E-state index contributed by atoms with van der Waals surface area (Å²) in [4.78, 5) is 4.15. The second kappa shape index (κ2) is 5.99. The van der Waals surface area contributed by atoms with Crippen LogP contribution in [0.3, 0.4) is 0 Å². The molecule has 0 aliphatic rings. The highest BCUT2D eigenvalue weighted by Crippen LogP contribution is 2.36. The number of rotatable bonds is 4. The van der Waals surface area contributed by atoms with Gasteiger partial charge in [0.1, 0.15) is 5.75 Å². The van der Waals surface area contributed by atoms with Crippen LogP contribution in [0.25, 0.3) is 0 Å². The Balaban J connectivity index is 2.11. The van der Waals surface area contributed by atoms with Crippen molar-refractivity contribution < 1.29 is 4.74 Å². The zero-order valence-electron chi connectivity index (χ0n) is 14.2. The SMILES string of the molecule is CC(C)(C)CC(C)(C)c1ccc(Oc2ccc(N)cn2)cc1. The molecule has 1 aromatic carbocycles. The molecule has 0 saturated carbocycles. The van der Waals surface area contributed by atoms with Crippen LogP contribution in [0.15, 0.2) is 42.6 Å². The largest absolute Gasteiger partial charge is 0.439 e. The minimum absolute atomic E-state index is 0.135. The molecule has 0 atom stereocenters. The van der Waals surface area contributed by atoms with E-state index in [2.05, 4.69) is 51.7 Å². The highest BCUT2D eigenvalue weighted by Gasteiger charge is 2.27. The van der Waals surface area contributed by atoms with E-state index in [4.69, 9.17) is 10.5 Å². The molecule has 1 aromatic heterocycles. The number of pyridine rings is 1. The average molecular weight is 298 g/mol. The van der Waals surface area contributed by atoms with Crippen molar-refractivity contribution in [3.63, 3.8) is 0 Å². The van der Waals surface area contributed by atoms with Crippen molar-refractivity contribution in [2.24, 2.45) is 5.41 Å². The molecular formula is C19H26N2O. The number of nitrogens with zero attached hydrogens (tertiary/aromatic N) is 1. The number of aromatic nitrogens is 1. The van der Waals surface area contributed by atoms with Gasteiger partial charge >= 0.3 is 0 Å². The number of nitrogens with two attached hydrogens (primary N) is 1. The number of hydrogen-bond donors (Lipinski definition) is 1. The molecule has 2 aromatic rings. The highest BCUT2D eigenvalue weighted by atomic mass is 16.5. The molecule has 3 nitrogen and oxygen atoms in total. The Hall–Kier alpha value is -2.03. The molecule has 118 valence electrons. The molecule has 0 fully saturated rings. The quantitative estimate of drug-likeness (QED) is 0.847. The third-order valence-electron chi connectivity index (χ3n) is 3.59. The molecule has 2 N–H and O–H groups in total. The van der Waals surface area contributed by atoms with E-state index in [1.165, 1.54) is 5.56 Å². The number of anilines is 1. The minimum Gasteiger partial charge on any atom is -0.439 e. The zero-order chi connectivity index (χ0) is 16.4. The van der Waals surface area contributed by atoms with E-state index in [-0.39, 0.29) is 5.41 Å². The summed E-state index contributed by atoms with van der Waals surface area (Å²) in [5.41, 5.74) is 8.00. The Kier molecular flexibility index (Phi) is 4.45. The van der Waals surface area contributed by atoms with Gasteiger partial charge in [-0.1, -0.05) is 46.8 Å². The summed E-state index contributed by atoms with van der Waals surface area (Å²) in [5.74, 6) is 1.34. The molecule has 2 rings (SSSR count). The molecule has 0 aliphatic carbocycles. The molecule has 0 radical (unpaired) electrons. The van der Waals surface area contributed by atoms with Crippen LogP contribution in [0, 0.1) is 5.41 Å². The van der Waals surface area contributed by atoms with Crippen LogP contribution >= 0.6 is 0 Å². The van der Waals surface area contributed by atoms with Crippen molar-refractivity contribution in [2.75, 3.05) is 5.73 Å². The van der Waals surface area contributed by atoms with E-state index in [9.17, 15) is 0 Å². The predicted molar refractivity (Wildman–Crippen MR) is 92.3 cm³/mol. The maximum absolute atomic E-state index is 5.74. The first-order chi connectivity index (χ1) is 10.2. The van der Waals surface area contributed by atoms with Crippen molar-refractivity contribution >= 4 is 5.69 Å². The maximum atomic E-state index is 5.74. The fraction of sp³-hybridized carbons (Fsp3) is 0.421. The molecule has 22 heavy (non-hydrogen) atoms. The number of ether oxygens (including phenoxy) is 1. The molecule has 3 heteroatoms. The smallest absolute Gasteiger partial charge is 0.219 e. The standard InChI is InChI=1S/C19H26N2O/c1-18(2,3)13-19(4,5)14-6-9-16(10-7-14)22-17-11-8-15(20)12-21-17/h6-12H,13,20H2,1-5H3. The molecular weight excluding hydrogens is 272 g/mol. The van der Waals surface area contributed by atoms with Gasteiger partial charge in [-0.15, -0.1) is 0 Å². The Bertz CT molecular complexity index is 607. The lowest BCUT2D eigenvalue weighted by Crippen LogP contribution is -2.24. The Morgan fingerprint density at radius 2 is 1.59 bits per heavy atom.